The first-order chi connectivity index (χ1) is 8.11. The van der Waals surface area contributed by atoms with Crippen LogP contribution in [0.2, 0.25) is 0 Å². The number of rotatable bonds is 4. The van der Waals surface area contributed by atoms with Crippen molar-refractivity contribution >= 4 is 38.6 Å². The summed E-state index contributed by atoms with van der Waals surface area (Å²) in [6.45, 7) is 4.39. The molecule has 17 heavy (non-hydrogen) atoms. The van der Waals surface area contributed by atoms with Crippen LogP contribution < -0.4 is 0 Å². The summed E-state index contributed by atoms with van der Waals surface area (Å²) < 4.78 is 1.09. The van der Waals surface area contributed by atoms with Gasteiger partial charge in [0.05, 0.1) is 22.2 Å². The lowest BCUT2D eigenvalue weighted by Gasteiger charge is -2.14. The average Bonchev–Trinajstić information content (AvgIpc) is 2.87. The summed E-state index contributed by atoms with van der Waals surface area (Å²) in [6.07, 6.45) is 0. The summed E-state index contributed by atoms with van der Waals surface area (Å²) in [5.74, 6) is 0.561. The number of aromatic nitrogens is 1. The van der Waals surface area contributed by atoms with Crippen molar-refractivity contribution in [1.82, 2.24) is 4.98 Å². The second kappa shape index (κ2) is 5.61. The molecule has 2 heterocycles. The minimum absolute atomic E-state index is 0.150. The van der Waals surface area contributed by atoms with Gasteiger partial charge in [-0.2, -0.15) is 0 Å². The first kappa shape index (κ1) is 13.2. The molecule has 0 fully saturated rings. The van der Waals surface area contributed by atoms with Crippen molar-refractivity contribution in [1.29, 1.82) is 0 Å². The van der Waals surface area contributed by atoms with Crippen LogP contribution in [0.5, 0.6) is 0 Å². The Morgan fingerprint density at radius 1 is 1.35 bits per heavy atom. The Morgan fingerprint density at radius 2 is 2.12 bits per heavy atom. The van der Waals surface area contributed by atoms with Crippen LogP contribution in [0.3, 0.4) is 0 Å². The van der Waals surface area contributed by atoms with Crippen LogP contribution in [0.1, 0.15) is 24.8 Å². The molecule has 2 rings (SSSR count). The Hall–Kier alpha value is -0.230. The van der Waals surface area contributed by atoms with Crippen molar-refractivity contribution in [2.24, 2.45) is 5.92 Å². The van der Waals surface area contributed by atoms with Gasteiger partial charge in [-0.1, -0.05) is 13.8 Å². The predicted octanol–water partition coefficient (Wildman–Crippen LogP) is 4.37. The molecule has 1 atom stereocenters. The third-order valence-corrected chi connectivity index (χ3v) is 5.35. The number of aliphatic hydroxyl groups excluding tert-OH is 1. The van der Waals surface area contributed by atoms with E-state index in [1.807, 2.05) is 0 Å². The fourth-order valence-corrected chi connectivity index (χ4v) is 4.14. The van der Waals surface area contributed by atoms with Crippen molar-refractivity contribution in [3.05, 3.63) is 26.3 Å². The van der Waals surface area contributed by atoms with Gasteiger partial charge in [-0.15, -0.1) is 22.7 Å². The van der Waals surface area contributed by atoms with Crippen LogP contribution in [-0.4, -0.2) is 16.7 Å². The number of halogens is 1. The topological polar surface area (TPSA) is 33.1 Å². The van der Waals surface area contributed by atoms with Crippen molar-refractivity contribution in [3.8, 4) is 10.6 Å². The fraction of sp³-hybridized carbons (Fsp3) is 0.417. The van der Waals surface area contributed by atoms with Gasteiger partial charge in [0.1, 0.15) is 0 Å². The molecule has 0 radical (unpaired) electrons. The highest BCUT2D eigenvalue weighted by Gasteiger charge is 2.19. The maximum Gasteiger partial charge on any atom is 0.0989 e. The summed E-state index contributed by atoms with van der Waals surface area (Å²) >= 11 is 6.76. The van der Waals surface area contributed by atoms with Crippen molar-refractivity contribution in [2.45, 2.75) is 19.8 Å². The van der Waals surface area contributed by atoms with Gasteiger partial charge in [0.25, 0.3) is 0 Å². The Morgan fingerprint density at radius 3 is 2.65 bits per heavy atom. The molecular weight excluding hydrogens is 318 g/mol. The molecule has 0 amide bonds. The first-order valence-corrected chi connectivity index (χ1v) is 7.97. The minimum Gasteiger partial charge on any atom is -0.396 e. The van der Waals surface area contributed by atoms with E-state index in [4.69, 9.17) is 0 Å². The molecule has 1 N–H and O–H groups in total. The van der Waals surface area contributed by atoms with Gasteiger partial charge in [-0.3, -0.25) is 0 Å². The van der Waals surface area contributed by atoms with E-state index in [2.05, 4.69) is 51.6 Å². The molecule has 0 aliphatic rings. The molecule has 2 aromatic rings. The van der Waals surface area contributed by atoms with E-state index in [1.165, 1.54) is 4.88 Å². The highest BCUT2D eigenvalue weighted by Crippen LogP contribution is 2.34. The minimum atomic E-state index is 0.150. The van der Waals surface area contributed by atoms with E-state index in [0.29, 0.717) is 5.92 Å². The van der Waals surface area contributed by atoms with Gasteiger partial charge in [0, 0.05) is 21.2 Å². The van der Waals surface area contributed by atoms with E-state index in [0.717, 1.165) is 15.2 Å². The number of hydrogen-bond donors (Lipinski definition) is 1. The molecule has 0 saturated carbocycles. The maximum atomic E-state index is 9.40. The first-order valence-electron chi connectivity index (χ1n) is 5.42. The zero-order valence-corrected chi connectivity index (χ0v) is 12.9. The van der Waals surface area contributed by atoms with Gasteiger partial charge >= 0.3 is 0 Å². The Kier molecular flexibility index (Phi) is 4.36. The standard InChI is InChI=1S/C12H14BrNOS2/c1-7(2)9(4-15)12-14-10(6-17-12)11-3-8(13)5-16-11/h3,5-7,9,15H,4H2,1-2H3. The zero-order valence-electron chi connectivity index (χ0n) is 9.68. The summed E-state index contributed by atoms with van der Waals surface area (Å²) in [5.41, 5.74) is 1.01. The van der Waals surface area contributed by atoms with Crippen molar-refractivity contribution < 1.29 is 5.11 Å². The average molecular weight is 332 g/mol. The predicted molar refractivity (Wildman–Crippen MR) is 77.8 cm³/mol. The van der Waals surface area contributed by atoms with Gasteiger partial charge in [0.15, 0.2) is 0 Å². The quantitative estimate of drug-likeness (QED) is 0.902. The van der Waals surface area contributed by atoms with Crippen LogP contribution in [0, 0.1) is 5.92 Å². The number of thiophene rings is 1. The van der Waals surface area contributed by atoms with Gasteiger partial charge in [0.2, 0.25) is 0 Å². The van der Waals surface area contributed by atoms with E-state index in [9.17, 15) is 5.11 Å². The number of hydrogen-bond acceptors (Lipinski definition) is 4. The fourth-order valence-electron chi connectivity index (χ4n) is 1.59. The number of thiazole rings is 1. The Labute approximate surface area is 117 Å². The molecule has 5 heteroatoms. The number of nitrogens with zero attached hydrogens (tertiary/aromatic N) is 1. The smallest absolute Gasteiger partial charge is 0.0989 e. The molecule has 2 aromatic heterocycles. The molecule has 1 unspecified atom stereocenters. The SMILES string of the molecule is CC(C)C(CO)c1nc(-c2cc(Br)cs2)cs1. The van der Waals surface area contributed by atoms with Crippen LogP contribution in [0.4, 0.5) is 0 Å². The summed E-state index contributed by atoms with van der Waals surface area (Å²) in [7, 11) is 0. The van der Waals surface area contributed by atoms with E-state index in [1.54, 1.807) is 22.7 Å². The van der Waals surface area contributed by atoms with Crippen molar-refractivity contribution in [3.63, 3.8) is 0 Å². The van der Waals surface area contributed by atoms with Gasteiger partial charge in [-0.05, 0) is 27.9 Å². The molecule has 2 nitrogen and oxygen atoms in total. The zero-order chi connectivity index (χ0) is 12.4. The second-order valence-corrected chi connectivity index (χ2v) is 6.95. The molecule has 0 bridgehead atoms. The van der Waals surface area contributed by atoms with E-state index in [-0.39, 0.29) is 12.5 Å². The summed E-state index contributed by atoms with van der Waals surface area (Å²) in [4.78, 5) is 5.80. The highest BCUT2D eigenvalue weighted by molar-refractivity contribution is 9.10. The molecule has 0 saturated heterocycles. The molecule has 0 aliphatic heterocycles. The van der Waals surface area contributed by atoms with Gasteiger partial charge < -0.3 is 5.11 Å². The van der Waals surface area contributed by atoms with Crippen LogP contribution in [0.25, 0.3) is 10.6 Å². The highest BCUT2D eigenvalue weighted by atomic mass is 79.9. The Balaban J connectivity index is 2.26. The van der Waals surface area contributed by atoms with Crippen LogP contribution >= 0.6 is 38.6 Å². The lowest BCUT2D eigenvalue weighted by Crippen LogP contribution is -2.10. The summed E-state index contributed by atoms with van der Waals surface area (Å²) in [5, 5.41) is 14.5. The second-order valence-electron chi connectivity index (χ2n) is 4.23. The monoisotopic (exact) mass is 331 g/mol. The van der Waals surface area contributed by atoms with Crippen LogP contribution in [-0.2, 0) is 0 Å². The molecule has 0 aliphatic carbocycles. The third kappa shape index (κ3) is 2.96. The molecular formula is C12H14BrNOS2. The number of aliphatic hydroxyl groups is 1. The van der Waals surface area contributed by atoms with E-state index >= 15 is 0 Å². The maximum absolute atomic E-state index is 9.40. The largest absolute Gasteiger partial charge is 0.396 e. The lowest BCUT2D eigenvalue weighted by atomic mass is 9.98. The molecule has 0 spiro atoms. The Bertz CT molecular complexity index is 492. The summed E-state index contributed by atoms with van der Waals surface area (Å²) in [6, 6.07) is 2.08. The molecule has 0 aromatic carbocycles. The lowest BCUT2D eigenvalue weighted by molar-refractivity contribution is 0.237. The molecule has 92 valence electrons. The van der Waals surface area contributed by atoms with Gasteiger partial charge in [-0.25, -0.2) is 4.98 Å². The van der Waals surface area contributed by atoms with Crippen LogP contribution in [0.15, 0.2) is 21.3 Å². The van der Waals surface area contributed by atoms with Crippen molar-refractivity contribution in [2.75, 3.05) is 6.61 Å². The normalized spacial score (nSPS) is 13.2. The third-order valence-electron chi connectivity index (χ3n) is 2.66. The van der Waals surface area contributed by atoms with E-state index < -0.39 is 0 Å².